The van der Waals surface area contributed by atoms with Gasteiger partial charge in [-0.05, 0) is 25.3 Å². The number of hydrogen-bond donors (Lipinski definition) is 0. The number of piperidine rings is 1. The van der Waals surface area contributed by atoms with Crippen LogP contribution in [-0.2, 0) is 9.59 Å². The zero-order valence-electron chi connectivity index (χ0n) is 12.6. The SMILES string of the molecule is O=C(C(=O)N1CCN(c2ncccn2)CC1)N1CCCCC1. The Labute approximate surface area is 129 Å². The summed E-state index contributed by atoms with van der Waals surface area (Å²) in [6, 6.07) is 1.78. The first-order chi connectivity index (χ1) is 10.8. The third kappa shape index (κ3) is 3.18. The lowest BCUT2D eigenvalue weighted by molar-refractivity contribution is -0.152. The van der Waals surface area contributed by atoms with Gasteiger partial charge in [-0.25, -0.2) is 9.97 Å². The Bertz CT molecular complexity index is 522. The van der Waals surface area contributed by atoms with Crippen LogP contribution < -0.4 is 4.90 Å². The Balaban J connectivity index is 1.54. The van der Waals surface area contributed by atoms with E-state index < -0.39 is 0 Å². The van der Waals surface area contributed by atoms with Gasteiger partial charge in [-0.2, -0.15) is 0 Å². The fraction of sp³-hybridized carbons (Fsp3) is 0.600. The van der Waals surface area contributed by atoms with E-state index in [1.165, 1.54) is 0 Å². The van der Waals surface area contributed by atoms with Crippen molar-refractivity contribution in [3.63, 3.8) is 0 Å². The number of nitrogens with zero attached hydrogens (tertiary/aromatic N) is 5. The topological polar surface area (TPSA) is 69.6 Å². The van der Waals surface area contributed by atoms with Gasteiger partial charge in [-0.3, -0.25) is 9.59 Å². The van der Waals surface area contributed by atoms with Crippen LogP contribution in [-0.4, -0.2) is 70.9 Å². The average molecular weight is 303 g/mol. The molecule has 7 nitrogen and oxygen atoms in total. The van der Waals surface area contributed by atoms with Gasteiger partial charge in [-0.1, -0.05) is 0 Å². The van der Waals surface area contributed by atoms with Crippen LogP contribution in [0.2, 0.25) is 0 Å². The predicted molar refractivity (Wildman–Crippen MR) is 81.3 cm³/mol. The van der Waals surface area contributed by atoms with Gasteiger partial charge in [0, 0.05) is 51.7 Å². The Kier molecular flexibility index (Phi) is 4.50. The van der Waals surface area contributed by atoms with Crippen molar-refractivity contribution in [2.24, 2.45) is 0 Å². The molecule has 1 aromatic rings. The highest BCUT2D eigenvalue weighted by Crippen LogP contribution is 2.13. The fourth-order valence-electron chi connectivity index (χ4n) is 2.93. The standard InChI is InChI=1S/C15H21N5O2/c21-13(18-7-2-1-3-8-18)14(22)19-9-11-20(12-10-19)15-16-5-4-6-17-15/h4-6H,1-3,7-12H2. The van der Waals surface area contributed by atoms with Gasteiger partial charge in [-0.15, -0.1) is 0 Å². The summed E-state index contributed by atoms with van der Waals surface area (Å²) in [7, 11) is 0. The Morgan fingerprint density at radius 3 is 1.91 bits per heavy atom. The third-order valence-electron chi connectivity index (χ3n) is 4.23. The summed E-state index contributed by atoms with van der Waals surface area (Å²) in [6.45, 7) is 3.81. The number of hydrogen-bond acceptors (Lipinski definition) is 5. The third-order valence-corrected chi connectivity index (χ3v) is 4.23. The summed E-state index contributed by atoms with van der Waals surface area (Å²) in [5, 5.41) is 0. The molecule has 2 aliphatic heterocycles. The molecule has 0 bridgehead atoms. The highest BCUT2D eigenvalue weighted by molar-refractivity contribution is 6.34. The second kappa shape index (κ2) is 6.72. The van der Waals surface area contributed by atoms with Gasteiger partial charge in [0.2, 0.25) is 5.95 Å². The molecule has 2 fully saturated rings. The van der Waals surface area contributed by atoms with Crippen LogP contribution in [0, 0.1) is 0 Å². The number of aromatic nitrogens is 2. The molecule has 0 spiro atoms. The lowest BCUT2D eigenvalue weighted by atomic mass is 10.1. The van der Waals surface area contributed by atoms with E-state index >= 15 is 0 Å². The van der Waals surface area contributed by atoms with E-state index in [1.807, 2.05) is 4.90 Å². The molecule has 0 saturated carbocycles. The molecule has 0 N–H and O–H groups in total. The molecule has 0 aromatic carbocycles. The summed E-state index contributed by atoms with van der Waals surface area (Å²) in [5.41, 5.74) is 0. The van der Waals surface area contributed by atoms with Gasteiger partial charge < -0.3 is 14.7 Å². The van der Waals surface area contributed by atoms with Gasteiger partial charge >= 0.3 is 11.8 Å². The first-order valence-electron chi connectivity index (χ1n) is 7.86. The molecule has 1 aromatic heterocycles. The molecule has 118 valence electrons. The van der Waals surface area contributed by atoms with Crippen LogP contribution in [0.4, 0.5) is 5.95 Å². The number of anilines is 1. The quantitative estimate of drug-likeness (QED) is 0.690. The second-order valence-corrected chi connectivity index (χ2v) is 5.68. The number of likely N-dealkylation sites (tertiary alicyclic amines) is 1. The average Bonchev–Trinajstić information content (AvgIpc) is 2.62. The first-order valence-corrected chi connectivity index (χ1v) is 7.86. The van der Waals surface area contributed by atoms with Crippen LogP contribution in [0.25, 0.3) is 0 Å². The maximum absolute atomic E-state index is 12.3. The van der Waals surface area contributed by atoms with E-state index in [-0.39, 0.29) is 11.8 Å². The minimum absolute atomic E-state index is 0.343. The number of rotatable bonds is 1. The van der Waals surface area contributed by atoms with E-state index in [2.05, 4.69) is 9.97 Å². The summed E-state index contributed by atoms with van der Waals surface area (Å²) >= 11 is 0. The van der Waals surface area contributed by atoms with E-state index in [0.717, 1.165) is 19.3 Å². The van der Waals surface area contributed by atoms with Gasteiger partial charge in [0.25, 0.3) is 0 Å². The monoisotopic (exact) mass is 303 g/mol. The summed E-state index contributed by atoms with van der Waals surface area (Å²) in [4.78, 5) is 38.4. The smallest absolute Gasteiger partial charge is 0.312 e. The maximum Gasteiger partial charge on any atom is 0.312 e. The van der Waals surface area contributed by atoms with Gasteiger partial charge in [0.15, 0.2) is 0 Å². The van der Waals surface area contributed by atoms with Crippen LogP contribution in [0.1, 0.15) is 19.3 Å². The molecule has 0 radical (unpaired) electrons. The number of amides is 2. The highest BCUT2D eigenvalue weighted by atomic mass is 16.2. The molecule has 2 aliphatic rings. The van der Waals surface area contributed by atoms with Gasteiger partial charge in [0.1, 0.15) is 0 Å². The minimum atomic E-state index is -0.365. The van der Waals surface area contributed by atoms with Crippen molar-refractivity contribution in [2.75, 3.05) is 44.2 Å². The largest absolute Gasteiger partial charge is 0.337 e. The molecule has 22 heavy (non-hydrogen) atoms. The first kappa shape index (κ1) is 14.7. The Morgan fingerprint density at radius 1 is 0.773 bits per heavy atom. The lowest BCUT2D eigenvalue weighted by Gasteiger charge is -2.35. The molecule has 3 heterocycles. The highest BCUT2D eigenvalue weighted by Gasteiger charge is 2.30. The molecule has 2 saturated heterocycles. The van der Waals surface area contributed by atoms with Crippen molar-refractivity contribution in [1.82, 2.24) is 19.8 Å². The fourth-order valence-corrected chi connectivity index (χ4v) is 2.93. The number of carbonyl (C=O) groups is 2. The predicted octanol–water partition coefficient (Wildman–Crippen LogP) is 0.138. The van der Waals surface area contributed by atoms with Crippen molar-refractivity contribution < 1.29 is 9.59 Å². The van der Waals surface area contributed by atoms with E-state index in [0.29, 0.717) is 45.2 Å². The molecule has 7 heteroatoms. The van der Waals surface area contributed by atoms with Crippen molar-refractivity contribution in [3.8, 4) is 0 Å². The van der Waals surface area contributed by atoms with Crippen molar-refractivity contribution >= 4 is 17.8 Å². The number of piperazine rings is 1. The van der Waals surface area contributed by atoms with E-state index in [1.54, 1.807) is 28.3 Å². The van der Waals surface area contributed by atoms with Crippen molar-refractivity contribution in [3.05, 3.63) is 18.5 Å². The molecule has 0 aliphatic carbocycles. The van der Waals surface area contributed by atoms with Gasteiger partial charge in [0.05, 0.1) is 0 Å². The zero-order chi connectivity index (χ0) is 15.4. The Hall–Kier alpha value is -2.18. The minimum Gasteiger partial charge on any atom is -0.337 e. The molecule has 2 amide bonds. The Morgan fingerprint density at radius 2 is 1.32 bits per heavy atom. The molecule has 0 atom stereocenters. The zero-order valence-corrected chi connectivity index (χ0v) is 12.6. The van der Waals surface area contributed by atoms with E-state index in [9.17, 15) is 9.59 Å². The second-order valence-electron chi connectivity index (χ2n) is 5.68. The summed E-state index contributed by atoms with van der Waals surface area (Å²) < 4.78 is 0. The molecule has 3 rings (SSSR count). The van der Waals surface area contributed by atoms with Crippen LogP contribution in [0.3, 0.4) is 0 Å². The van der Waals surface area contributed by atoms with Crippen LogP contribution in [0.15, 0.2) is 18.5 Å². The lowest BCUT2D eigenvalue weighted by Crippen LogP contribution is -2.54. The molecule has 0 unspecified atom stereocenters. The van der Waals surface area contributed by atoms with Crippen LogP contribution >= 0.6 is 0 Å². The summed E-state index contributed by atoms with van der Waals surface area (Å²) in [5.74, 6) is -0.0309. The van der Waals surface area contributed by atoms with Crippen LogP contribution in [0.5, 0.6) is 0 Å². The molecular formula is C15H21N5O2. The number of carbonyl (C=O) groups excluding carboxylic acids is 2. The normalized spacial score (nSPS) is 19.2. The summed E-state index contributed by atoms with van der Waals surface area (Å²) in [6.07, 6.45) is 6.56. The van der Waals surface area contributed by atoms with Crippen molar-refractivity contribution in [2.45, 2.75) is 19.3 Å². The molecular weight excluding hydrogens is 282 g/mol. The van der Waals surface area contributed by atoms with Crippen molar-refractivity contribution in [1.29, 1.82) is 0 Å². The van der Waals surface area contributed by atoms with E-state index in [4.69, 9.17) is 0 Å². The maximum atomic E-state index is 12.3.